The Labute approximate surface area is 183 Å². The fourth-order valence-electron chi connectivity index (χ4n) is 4.57. The van der Waals surface area contributed by atoms with Crippen molar-refractivity contribution in [3.8, 4) is 22.8 Å². The van der Waals surface area contributed by atoms with Crippen molar-refractivity contribution in [1.82, 2.24) is 13.7 Å². The Bertz CT molecular complexity index is 1460. The lowest BCUT2D eigenvalue weighted by Gasteiger charge is -2.28. The van der Waals surface area contributed by atoms with Crippen LogP contribution in [0.5, 0.6) is 11.5 Å². The third-order valence-corrected chi connectivity index (χ3v) is 6.14. The molecule has 1 aliphatic rings. The molecule has 0 fully saturated rings. The number of fused-ring (bicyclic) bond motifs is 3. The van der Waals surface area contributed by atoms with Crippen molar-refractivity contribution in [3.63, 3.8) is 0 Å². The van der Waals surface area contributed by atoms with Gasteiger partial charge in [0.05, 0.1) is 36.0 Å². The van der Waals surface area contributed by atoms with Crippen LogP contribution in [0.2, 0.25) is 0 Å². The number of aromatic hydroxyl groups is 1. The normalized spacial score (nSPS) is 15.7. The van der Waals surface area contributed by atoms with Gasteiger partial charge in [-0.25, -0.2) is 4.79 Å². The van der Waals surface area contributed by atoms with E-state index < -0.39 is 11.8 Å². The molecule has 1 N–H and O–H groups in total. The maximum Gasteiger partial charge on any atom is 0.331 e. The number of aryl methyl sites for hydroxylation is 1. The van der Waals surface area contributed by atoms with Crippen molar-refractivity contribution in [1.29, 1.82) is 0 Å². The summed E-state index contributed by atoms with van der Waals surface area (Å²) in [5.74, 6) is 0.805. The van der Waals surface area contributed by atoms with Crippen LogP contribution < -0.4 is 16.0 Å². The van der Waals surface area contributed by atoms with E-state index in [-0.39, 0.29) is 11.3 Å². The molecule has 0 saturated heterocycles. The number of benzene rings is 2. The van der Waals surface area contributed by atoms with Crippen LogP contribution in [-0.4, -0.2) is 32.5 Å². The highest BCUT2D eigenvalue weighted by Crippen LogP contribution is 2.42. The van der Waals surface area contributed by atoms with Gasteiger partial charge < -0.3 is 19.1 Å². The number of phenols is 1. The van der Waals surface area contributed by atoms with Crippen LogP contribution >= 0.6 is 0 Å². The van der Waals surface area contributed by atoms with Gasteiger partial charge in [0, 0.05) is 26.2 Å². The number of aromatic nitrogens is 3. The summed E-state index contributed by atoms with van der Waals surface area (Å²) in [5.41, 5.74) is 2.54. The quantitative estimate of drug-likeness (QED) is 0.537. The van der Waals surface area contributed by atoms with Crippen molar-refractivity contribution in [3.05, 3.63) is 80.6 Å². The molecule has 3 heterocycles. The summed E-state index contributed by atoms with van der Waals surface area (Å²) in [5, 5.41) is 11.0. The van der Waals surface area contributed by atoms with Gasteiger partial charge in [-0.2, -0.15) is 0 Å². The predicted octanol–water partition coefficient (Wildman–Crippen LogP) is 2.54. The van der Waals surface area contributed by atoms with E-state index in [1.165, 1.54) is 11.6 Å². The van der Waals surface area contributed by atoms with E-state index in [1.807, 2.05) is 34.9 Å². The molecule has 0 saturated carbocycles. The summed E-state index contributed by atoms with van der Waals surface area (Å²) in [6.07, 6.45) is -0.628. The molecule has 8 nitrogen and oxygen atoms in total. The van der Waals surface area contributed by atoms with Gasteiger partial charge in [-0.15, -0.1) is 0 Å². The molecular formula is C24H23N3O5. The minimum absolute atomic E-state index is 0.0973. The lowest BCUT2D eigenvalue weighted by molar-refractivity contribution is 0.0464. The Morgan fingerprint density at radius 1 is 1.03 bits per heavy atom. The highest BCUT2D eigenvalue weighted by molar-refractivity contribution is 5.96. The van der Waals surface area contributed by atoms with E-state index in [9.17, 15) is 14.7 Å². The Morgan fingerprint density at radius 2 is 1.75 bits per heavy atom. The first-order chi connectivity index (χ1) is 15.4. The zero-order valence-corrected chi connectivity index (χ0v) is 18.0. The van der Waals surface area contributed by atoms with E-state index in [2.05, 4.69) is 0 Å². The molecule has 5 rings (SSSR count). The number of para-hydroxylation sites is 1. The highest BCUT2D eigenvalue weighted by atomic mass is 16.5. The van der Waals surface area contributed by atoms with Crippen molar-refractivity contribution in [2.45, 2.75) is 12.6 Å². The Kier molecular flexibility index (Phi) is 4.67. The van der Waals surface area contributed by atoms with Crippen molar-refractivity contribution in [2.24, 2.45) is 14.1 Å². The second-order valence-corrected chi connectivity index (χ2v) is 7.85. The van der Waals surface area contributed by atoms with Crippen LogP contribution in [0.25, 0.3) is 22.2 Å². The molecule has 0 bridgehead atoms. The number of hydrogen-bond acceptors (Lipinski definition) is 5. The third-order valence-electron chi connectivity index (χ3n) is 6.14. The van der Waals surface area contributed by atoms with Gasteiger partial charge in [0.1, 0.15) is 17.6 Å². The second-order valence-electron chi connectivity index (χ2n) is 7.85. The fraction of sp³-hybridized carbons (Fsp3) is 0.250. The zero-order chi connectivity index (χ0) is 22.6. The van der Waals surface area contributed by atoms with E-state index in [1.54, 1.807) is 32.4 Å². The number of nitrogens with zero attached hydrogens (tertiary/aromatic N) is 3. The summed E-state index contributed by atoms with van der Waals surface area (Å²) in [6.45, 7) is 0.900. The minimum Gasteiger partial charge on any atom is -0.508 e. The summed E-state index contributed by atoms with van der Waals surface area (Å²) < 4.78 is 16.0. The number of methoxy groups -OCH3 is 1. The van der Waals surface area contributed by atoms with Crippen molar-refractivity contribution in [2.75, 3.05) is 13.7 Å². The average molecular weight is 433 g/mol. The monoisotopic (exact) mass is 433 g/mol. The van der Waals surface area contributed by atoms with Gasteiger partial charge in [-0.3, -0.25) is 13.9 Å². The number of rotatable bonds is 3. The molecule has 1 aliphatic heterocycles. The van der Waals surface area contributed by atoms with Crippen molar-refractivity contribution >= 4 is 10.9 Å². The summed E-state index contributed by atoms with van der Waals surface area (Å²) >= 11 is 0. The molecule has 1 atom stereocenters. The molecule has 0 unspecified atom stereocenters. The van der Waals surface area contributed by atoms with Crippen LogP contribution in [0.1, 0.15) is 17.4 Å². The molecule has 8 heteroatoms. The maximum atomic E-state index is 13.4. The summed E-state index contributed by atoms with van der Waals surface area (Å²) in [7, 11) is 4.73. The Balaban J connectivity index is 1.93. The standard InChI is InChI=1S/C24H23N3O5/c1-25-20-18(23(29)26(2)24(25)30)19(14-8-10-15(31-3)11-9-14)27-12-13-32-22(21(20)27)16-6-4-5-7-17(16)28/h4-11,22,28H,12-13H2,1-3H3/t22-/m1/s1. The first kappa shape index (κ1) is 20.1. The first-order valence-corrected chi connectivity index (χ1v) is 10.3. The van der Waals surface area contributed by atoms with E-state index in [0.717, 1.165) is 15.8 Å². The summed E-state index contributed by atoms with van der Waals surface area (Å²) in [6, 6.07) is 14.4. The van der Waals surface area contributed by atoms with E-state index >= 15 is 0 Å². The van der Waals surface area contributed by atoms with Gasteiger partial charge in [0.15, 0.2) is 0 Å². The third kappa shape index (κ3) is 2.80. The van der Waals surface area contributed by atoms with Crippen LogP contribution in [0.4, 0.5) is 0 Å². The van der Waals surface area contributed by atoms with Crippen LogP contribution in [0.3, 0.4) is 0 Å². The molecule has 4 aromatic rings. The Hall–Kier alpha value is -3.78. The van der Waals surface area contributed by atoms with Gasteiger partial charge in [0.25, 0.3) is 5.56 Å². The van der Waals surface area contributed by atoms with Crippen molar-refractivity contribution < 1.29 is 14.6 Å². The van der Waals surface area contributed by atoms with Gasteiger partial charge in [-0.1, -0.05) is 18.2 Å². The SMILES string of the molecule is COc1ccc(-c2c3c(=O)n(C)c(=O)n(C)c3c3n2CCO[C@@H]3c2ccccc2O)cc1. The lowest BCUT2D eigenvalue weighted by atomic mass is 10.0. The van der Waals surface area contributed by atoms with Crippen LogP contribution in [-0.2, 0) is 25.4 Å². The highest BCUT2D eigenvalue weighted by Gasteiger charge is 2.34. The molecule has 164 valence electrons. The van der Waals surface area contributed by atoms with Gasteiger partial charge in [-0.05, 0) is 35.9 Å². The van der Waals surface area contributed by atoms with Gasteiger partial charge in [0.2, 0.25) is 0 Å². The van der Waals surface area contributed by atoms with E-state index in [0.29, 0.717) is 41.1 Å². The average Bonchev–Trinajstić information content (AvgIpc) is 3.17. The summed E-state index contributed by atoms with van der Waals surface area (Å²) in [4.78, 5) is 26.2. The predicted molar refractivity (Wildman–Crippen MR) is 120 cm³/mol. The maximum absolute atomic E-state index is 13.4. The minimum atomic E-state index is -0.628. The molecule has 0 spiro atoms. The van der Waals surface area contributed by atoms with Gasteiger partial charge >= 0.3 is 5.69 Å². The first-order valence-electron chi connectivity index (χ1n) is 10.3. The molecule has 0 radical (unpaired) electrons. The topological polar surface area (TPSA) is 87.6 Å². The molecular weight excluding hydrogens is 410 g/mol. The molecule has 2 aromatic carbocycles. The fourth-order valence-corrected chi connectivity index (χ4v) is 4.57. The largest absolute Gasteiger partial charge is 0.508 e. The number of hydrogen-bond donors (Lipinski definition) is 1. The van der Waals surface area contributed by atoms with Crippen LogP contribution in [0, 0.1) is 0 Å². The molecule has 0 amide bonds. The molecule has 0 aliphatic carbocycles. The second kappa shape index (κ2) is 7.42. The van der Waals surface area contributed by atoms with E-state index in [4.69, 9.17) is 9.47 Å². The smallest absolute Gasteiger partial charge is 0.331 e. The van der Waals surface area contributed by atoms with Crippen LogP contribution in [0.15, 0.2) is 58.1 Å². The Morgan fingerprint density at radius 3 is 2.44 bits per heavy atom. The lowest BCUT2D eigenvalue weighted by Crippen LogP contribution is -2.37. The molecule has 32 heavy (non-hydrogen) atoms. The number of phenolic OH excluding ortho intramolecular Hbond substituents is 1. The molecule has 2 aromatic heterocycles. The zero-order valence-electron chi connectivity index (χ0n) is 18.0. The number of ether oxygens (including phenoxy) is 2.